The summed E-state index contributed by atoms with van der Waals surface area (Å²) in [6.45, 7) is 1.80. The van der Waals surface area contributed by atoms with E-state index in [1.165, 1.54) is 5.56 Å². The number of methoxy groups -OCH3 is 1. The molecule has 120 valence electrons. The van der Waals surface area contributed by atoms with Crippen LogP contribution in [0.2, 0.25) is 0 Å². The van der Waals surface area contributed by atoms with E-state index in [2.05, 4.69) is 12.1 Å². The highest BCUT2D eigenvalue weighted by Gasteiger charge is 2.28. The van der Waals surface area contributed by atoms with Crippen LogP contribution in [-0.4, -0.2) is 43.7 Å². The van der Waals surface area contributed by atoms with Crippen LogP contribution in [0.1, 0.15) is 15.9 Å². The fraction of sp³-hybridized carbons (Fsp3) is 0.316. The van der Waals surface area contributed by atoms with Gasteiger partial charge in [0.1, 0.15) is 5.75 Å². The molecule has 0 N–H and O–H groups in total. The van der Waals surface area contributed by atoms with E-state index in [1.807, 2.05) is 47.4 Å². The number of ether oxygens (including phenoxy) is 2. The molecule has 1 heterocycles. The minimum absolute atomic E-state index is 0.0527. The molecule has 1 aliphatic rings. The maximum atomic E-state index is 12.8. The maximum Gasteiger partial charge on any atom is 0.254 e. The Kier molecular flexibility index (Phi) is 4.93. The third-order valence-corrected chi connectivity index (χ3v) is 4.14. The number of amides is 1. The zero-order valence-corrected chi connectivity index (χ0v) is 13.3. The molecule has 4 nitrogen and oxygen atoms in total. The molecule has 2 aromatic carbocycles. The number of benzene rings is 2. The first-order chi connectivity index (χ1) is 11.3. The summed E-state index contributed by atoms with van der Waals surface area (Å²) in [5.74, 6) is 0.807. The van der Waals surface area contributed by atoms with E-state index in [0.29, 0.717) is 25.3 Å². The Morgan fingerprint density at radius 1 is 1.17 bits per heavy atom. The fourth-order valence-corrected chi connectivity index (χ4v) is 2.88. The van der Waals surface area contributed by atoms with E-state index >= 15 is 0 Å². The van der Waals surface area contributed by atoms with Crippen molar-refractivity contribution >= 4 is 5.91 Å². The lowest BCUT2D eigenvalue weighted by atomic mass is 10.0. The monoisotopic (exact) mass is 311 g/mol. The van der Waals surface area contributed by atoms with Gasteiger partial charge in [0.15, 0.2) is 0 Å². The highest BCUT2D eigenvalue weighted by Crippen LogP contribution is 2.18. The molecule has 1 amide bonds. The van der Waals surface area contributed by atoms with Crippen LogP contribution in [0.15, 0.2) is 54.6 Å². The third kappa shape index (κ3) is 3.71. The van der Waals surface area contributed by atoms with Crippen LogP contribution in [0.25, 0.3) is 0 Å². The van der Waals surface area contributed by atoms with Crippen LogP contribution in [0.4, 0.5) is 0 Å². The number of carbonyl (C=O) groups excluding carboxylic acids is 1. The predicted molar refractivity (Wildman–Crippen MR) is 88.8 cm³/mol. The Bertz CT molecular complexity index is 639. The van der Waals surface area contributed by atoms with Crippen molar-refractivity contribution in [2.75, 3.05) is 26.9 Å². The van der Waals surface area contributed by atoms with Crippen molar-refractivity contribution in [1.29, 1.82) is 0 Å². The quantitative estimate of drug-likeness (QED) is 0.871. The van der Waals surface area contributed by atoms with Gasteiger partial charge in [0.05, 0.1) is 26.4 Å². The first-order valence-corrected chi connectivity index (χ1v) is 7.84. The molecule has 4 heteroatoms. The van der Waals surface area contributed by atoms with Crippen molar-refractivity contribution in [2.24, 2.45) is 0 Å². The van der Waals surface area contributed by atoms with Gasteiger partial charge in [-0.1, -0.05) is 30.3 Å². The van der Waals surface area contributed by atoms with Gasteiger partial charge < -0.3 is 14.4 Å². The molecular formula is C19H21NO3. The average Bonchev–Trinajstić information content (AvgIpc) is 2.62. The summed E-state index contributed by atoms with van der Waals surface area (Å²) in [4.78, 5) is 14.8. The lowest BCUT2D eigenvalue weighted by Gasteiger charge is -2.36. The second kappa shape index (κ2) is 7.29. The molecule has 3 rings (SSSR count). The number of hydrogen-bond acceptors (Lipinski definition) is 3. The summed E-state index contributed by atoms with van der Waals surface area (Å²) in [6.07, 6.45) is 0.808. The molecule has 0 bridgehead atoms. The largest absolute Gasteiger partial charge is 0.497 e. The average molecular weight is 311 g/mol. The molecule has 1 saturated heterocycles. The van der Waals surface area contributed by atoms with Crippen LogP contribution in [0.5, 0.6) is 5.75 Å². The summed E-state index contributed by atoms with van der Waals surface area (Å²) in [7, 11) is 1.62. The SMILES string of the molecule is COc1ccc(C(=O)N2CCOCC2Cc2ccccc2)cc1. The number of morpholine rings is 1. The Balaban J connectivity index is 1.75. The van der Waals surface area contributed by atoms with E-state index in [0.717, 1.165) is 12.2 Å². The molecule has 1 atom stereocenters. The molecule has 0 saturated carbocycles. The third-order valence-electron chi connectivity index (χ3n) is 4.14. The van der Waals surface area contributed by atoms with Crippen molar-refractivity contribution in [2.45, 2.75) is 12.5 Å². The maximum absolute atomic E-state index is 12.8. The van der Waals surface area contributed by atoms with Crippen LogP contribution >= 0.6 is 0 Å². The van der Waals surface area contributed by atoms with Crippen molar-refractivity contribution in [1.82, 2.24) is 4.90 Å². The van der Waals surface area contributed by atoms with Gasteiger partial charge in [-0.25, -0.2) is 0 Å². The first kappa shape index (κ1) is 15.6. The highest BCUT2D eigenvalue weighted by atomic mass is 16.5. The molecule has 2 aromatic rings. The second-order valence-electron chi connectivity index (χ2n) is 5.65. The number of carbonyl (C=O) groups is 1. The summed E-state index contributed by atoms with van der Waals surface area (Å²) in [5, 5.41) is 0. The zero-order valence-electron chi connectivity index (χ0n) is 13.3. The van der Waals surface area contributed by atoms with Gasteiger partial charge in [0.2, 0.25) is 0 Å². The van der Waals surface area contributed by atoms with Gasteiger partial charge in [-0.05, 0) is 36.2 Å². The highest BCUT2D eigenvalue weighted by molar-refractivity contribution is 5.94. The number of rotatable bonds is 4. The lowest BCUT2D eigenvalue weighted by Crippen LogP contribution is -2.49. The van der Waals surface area contributed by atoms with Crippen LogP contribution in [-0.2, 0) is 11.2 Å². The molecule has 1 unspecified atom stereocenters. The molecule has 0 aromatic heterocycles. The van der Waals surface area contributed by atoms with E-state index in [1.54, 1.807) is 7.11 Å². The second-order valence-corrected chi connectivity index (χ2v) is 5.65. The minimum Gasteiger partial charge on any atom is -0.497 e. The summed E-state index contributed by atoms with van der Waals surface area (Å²) < 4.78 is 10.7. The molecular weight excluding hydrogens is 290 g/mol. The van der Waals surface area contributed by atoms with Gasteiger partial charge >= 0.3 is 0 Å². The normalized spacial score (nSPS) is 17.8. The van der Waals surface area contributed by atoms with Gasteiger partial charge in [-0.2, -0.15) is 0 Å². The van der Waals surface area contributed by atoms with Crippen molar-refractivity contribution in [3.05, 3.63) is 65.7 Å². The standard InChI is InChI=1S/C19H21NO3/c1-22-18-9-7-16(8-10-18)19(21)20-11-12-23-14-17(20)13-15-5-3-2-4-6-15/h2-10,17H,11-14H2,1H3. The minimum atomic E-state index is 0.0527. The fourth-order valence-electron chi connectivity index (χ4n) is 2.88. The van der Waals surface area contributed by atoms with E-state index in [-0.39, 0.29) is 11.9 Å². The van der Waals surface area contributed by atoms with Crippen molar-refractivity contribution in [3.63, 3.8) is 0 Å². The van der Waals surface area contributed by atoms with E-state index in [4.69, 9.17) is 9.47 Å². The van der Waals surface area contributed by atoms with Crippen LogP contribution in [0.3, 0.4) is 0 Å². The zero-order chi connectivity index (χ0) is 16.1. The smallest absolute Gasteiger partial charge is 0.254 e. The Labute approximate surface area is 136 Å². The Morgan fingerprint density at radius 2 is 1.91 bits per heavy atom. The van der Waals surface area contributed by atoms with E-state index < -0.39 is 0 Å². The van der Waals surface area contributed by atoms with Crippen molar-refractivity contribution in [3.8, 4) is 5.75 Å². The summed E-state index contributed by atoms with van der Waals surface area (Å²) >= 11 is 0. The van der Waals surface area contributed by atoms with Gasteiger partial charge in [0.25, 0.3) is 5.91 Å². The predicted octanol–water partition coefficient (Wildman–Crippen LogP) is 2.78. The Morgan fingerprint density at radius 3 is 2.61 bits per heavy atom. The molecule has 23 heavy (non-hydrogen) atoms. The topological polar surface area (TPSA) is 38.8 Å². The van der Waals surface area contributed by atoms with Gasteiger partial charge in [-0.15, -0.1) is 0 Å². The first-order valence-electron chi connectivity index (χ1n) is 7.84. The van der Waals surface area contributed by atoms with Crippen LogP contribution in [0, 0.1) is 0 Å². The molecule has 0 spiro atoms. The molecule has 0 aliphatic carbocycles. The summed E-state index contributed by atoms with van der Waals surface area (Å²) in [6, 6.07) is 17.6. The van der Waals surface area contributed by atoms with Gasteiger partial charge in [0, 0.05) is 12.1 Å². The molecule has 1 fully saturated rings. The Hall–Kier alpha value is -2.33. The van der Waals surface area contributed by atoms with E-state index in [9.17, 15) is 4.79 Å². The lowest BCUT2D eigenvalue weighted by molar-refractivity contribution is -0.00163. The van der Waals surface area contributed by atoms with Crippen LogP contribution < -0.4 is 4.74 Å². The molecule has 1 aliphatic heterocycles. The number of nitrogens with zero attached hydrogens (tertiary/aromatic N) is 1. The summed E-state index contributed by atoms with van der Waals surface area (Å²) in [5.41, 5.74) is 1.90. The number of hydrogen-bond donors (Lipinski definition) is 0. The molecule has 0 radical (unpaired) electrons. The van der Waals surface area contributed by atoms with Gasteiger partial charge in [-0.3, -0.25) is 4.79 Å². The van der Waals surface area contributed by atoms with Crippen molar-refractivity contribution < 1.29 is 14.3 Å².